The van der Waals surface area contributed by atoms with E-state index < -0.39 is 0 Å². The monoisotopic (exact) mass is 373 g/mol. The minimum Gasteiger partial charge on any atom is -0.363 e. The van der Waals surface area contributed by atoms with Crippen molar-refractivity contribution in [1.29, 1.82) is 0 Å². The number of rotatable bonds is 5. The largest absolute Gasteiger partial charge is 0.363 e. The van der Waals surface area contributed by atoms with Crippen molar-refractivity contribution in [3.05, 3.63) is 83.0 Å². The zero-order valence-electron chi connectivity index (χ0n) is 16.8. The van der Waals surface area contributed by atoms with E-state index in [1.54, 1.807) is 6.20 Å². The van der Waals surface area contributed by atoms with Crippen LogP contribution in [-0.4, -0.2) is 15.6 Å². The van der Waals surface area contributed by atoms with Gasteiger partial charge in [-0.3, -0.25) is 4.79 Å². The maximum atomic E-state index is 13.0. The molecule has 0 spiro atoms. The summed E-state index contributed by atoms with van der Waals surface area (Å²) >= 11 is 0. The highest BCUT2D eigenvalue weighted by molar-refractivity contribution is 6.00. The van der Waals surface area contributed by atoms with Crippen molar-refractivity contribution in [3.63, 3.8) is 0 Å². The molecular formula is C24H27N3O. The topological polar surface area (TPSA) is 46.9 Å². The second kappa shape index (κ2) is 7.27. The summed E-state index contributed by atoms with van der Waals surface area (Å²) in [7, 11) is 0. The Morgan fingerprint density at radius 2 is 1.86 bits per heavy atom. The van der Waals surface area contributed by atoms with Gasteiger partial charge >= 0.3 is 0 Å². The summed E-state index contributed by atoms with van der Waals surface area (Å²) in [5, 5.41) is 8.14. The van der Waals surface area contributed by atoms with Crippen LogP contribution in [0.3, 0.4) is 0 Å². The van der Waals surface area contributed by atoms with Crippen LogP contribution in [-0.2, 0) is 12.0 Å². The van der Waals surface area contributed by atoms with Gasteiger partial charge in [0.05, 0.1) is 23.3 Å². The molecule has 1 N–H and O–H groups in total. The Bertz CT molecular complexity index is 971. The summed E-state index contributed by atoms with van der Waals surface area (Å²) in [5.41, 5.74) is 4.20. The molecule has 28 heavy (non-hydrogen) atoms. The standard InChI is InChI=1S/C24H27N3O/c1-17-9-11-18(12-10-17)13-14-22(28)20-16-25-27-23(20)26-21(15-24(27,2)3)19-7-5-4-6-8-19/h4-12,16,21,26H,13-15H2,1-3H3. The van der Waals surface area contributed by atoms with Gasteiger partial charge in [-0.2, -0.15) is 5.10 Å². The molecule has 0 amide bonds. The van der Waals surface area contributed by atoms with E-state index in [0.717, 1.165) is 18.7 Å². The molecule has 0 saturated carbocycles. The van der Waals surface area contributed by atoms with Crippen molar-refractivity contribution in [3.8, 4) is 0 Å². The number of carbonyl (C=O) groups excluding carboxylic acids is 1. The lowest BCUT2D eigenvalue weighted by Gasteiger charge is -2.38. The molecule has 1 aromatic heterocycles. The van der Waals surface area contributed by atoms with Crippen LogP contribution >= 0.6 is 0 Å². The summed E-state index contributed by atoms with van der Waals surface area (Å²) < 4.78 is 1.98. The second-order valence-electron chi connectivity index (χ2n) is 8.35. The number of fused-ring (bicyclic) bond motifs is 1. The Morgan fingerprint density at radius 3 is 2.57 bits per heavy atom. The summed E-state index contributed by atoms with van der Waals surface area (Å²) in [6.07, 6.45) is 3.88. The van der Waals surface area contributed by atoms with Gasteiger partial charge in [-0.15, -0.1) is 0 Å². The Hall–Kier alpha value is -2.88. The van der Waals surface area contributed by atoms with Crippen LogP contribution < -0.4 is 5.32 Å². The summed E-state index contributed by atoms with van der Waals surface area (Å²) in [5.74, 6) is 0.984. The third kappa shape index (κ3) is 3.59. The van der Waals surface area contributed by atoms with Crippen LogP contribution in [0.2, 0.25) is 0 Å². The van der Waals surface area contributed by atoms with Crippen molar-refractivity contribution >= 4 is 11.6 Å². The number of carbonyl (C=O) groups is 1. The highest BCUT2D eigenvalue weighted by atomic mass is 16.1. The zero-order valence-corrected chi connectivity index (χ0v) is 16.8. The molecule has 2 aromatic carbocycles. The molecule has 2 heterocycles. The number of nitrogens with one attached hydrogen (secondary N) is 1. The Morgan fingerprint density at radius 1 is 1.14 bits per heavy atom. The van der Waals surface area contributed by atoms with Gasteiger partial charge in [0.1, 0.15) is 5.82 Å². The highest BCUT2D eigenvalue weighted by Gasteiger charge is 2.36. The van der Waals surface area contributed by atoms with Crippen molar-refractivity contribution in [2.24, 2.45) is 0 Å². The number of benzene rings is 2. The maximum absolute atomic E-state index is 13.0. The molecule has 4 rings (SSSR count). The molecule has 1 atom stereocenters. The number of Topliss-reactive ketones (excluding diaryl/α,β-unsaturated/α-hetero) is 1. The fourth-order valence-electron chi connectivity index (χ4n) is 3.99. The zero-order chi connectivity index (χ0) is 19.7. The molecule has 0 bridgehead atoms. The molecule has 4 nitrogen and oxygen atoms in total. The Kier molecular flexibility index (Phi) is 4.80. The van der Waals surface area contributed by atoms with E-state index in [-0.39, 0.29) is 17.4 Å². The lowest BCUT2D eigenvalue weighted by molar-refractivity contribution is 0.0983. The minimum atomic E-state index is -0.156. The summed E-state index contributed by atoms with van der Waals surface area (Å²) in [6.45, 7) is 6.44. The van der Waals surface area contributed by atoms with Crippen LogP contribution in [0.25, 0.3) is 0 Å². The first-order valence-corrected chi connectivity index (χ1v) is 9.93. The van der Waals surface area contributed by atoms with E-state index in [9.17, 15) is 4.79 Å². The van der Waals surface area contributed by atoms with E-state index >= 15 is 0 Å². The number of anilines is 1. The van der Waals surface area contributed by atoms with Crippen LogP contribution in [0.5, 0.6) is 0 Å². The molecular weight excluding hydrogens is 346 g/mol. The van der Waals surface area contributed by atoms with E-state index in [4.69, 9.17) is 0 Å². The maximum Gasteiger partial charge on any atom is 0.168 e. The average molecular weight is 374 g/mol. The minimum absolute atomic E-state index is 0.138. The first kappa shape index (κ1) is 18.5. The lowest BCUT2D eigenvalue weighted by Crippen LogP contribution is -2.38. The third-order valence-corrected chi connectivity index (χ3v) is 5.62. The molecule has 0 saturated heterocycles. The molecule has 144 valence electrons. The van der Waals surface area contributed by atoms with Gasteiger partial charge in [-0.1, -0.05) is 60.2 Å². The first-order valence-electron chi connectivity index (χ1n) is 9.93. The number of aromatic nitrogens is 2. The van der Waals surface area contributed by atoms with Crippen LogP contribution in [0, 0.1) is 6.92 Å². The lowest BCUT2D eigenvalue weighted by atomic mass is 9.88. The van der Waals surface area contributed by atoms with Crippen molar-refractivity contribution < 1.29 is 4.79 Å². The number of hydrogen-bond donors (Lipinski definition) is 1. The van der Waals surface area contributed by atoms with E-state index in [1.165, 1.54) is 16.7 Å². The van der Waals surface area contributed by atoms with Crippen molar-refractivity contribution in [1.82, 2.24) is 9.78 Å². The Labute approximate surface area is 166 Å². The number of hydrogen-bond acceptors (Lipinski definition) is 3. The molecule has 0 fully saturated rings. The quantitative estimate of drug-likeness (QED) is 0.617. The SMILES string of the molecule is Cc1ccc(CCC(=O)c2cnn3c2NC(c2ccccc2)CC3(C)C)cc1. The van der Waals surface area contributed by atoms with Crippen LogP contribution in [0.15, 0.2) is 60.8 Å². The van der Waals surface area contributed by atoms with Gasteiger partial charge in [-0.05, 0) is 44.7 Å². The first-order chi connectivity index (χ1) is 13.4. The summed E-state index contributed by atoms with van der Waals surface area (Å²) in [6, 6.07) is 19.0. The molecule has 1 aliphatic rings. The van der Waals surface area contributed by atoms with E-state index in [0.29, 0.717) is 12.0 Å². The third-order valence-electron chi connectivity index (χ3n) is 5.62. The second-order valence-corrected chi connectivity index (χ2v) is 8.35. The predicted molar refractivity (Wildman–Crippen MR) is 113 cm³/mol. The molecule has 0 radical (unpaired) electrons. The van der Waals surface area contributed by atoms with E-state index in [2.05, 4.69) is 79.7 Å². The van der Waals surface area contributed by atoms with Crippen molar-refractivity contribution in [2.45, 2.75) is 51.6 Å². The van der Waals surface area contributed by atoms with Crippen molar-refractivity contribution in [2.75, 3.05) is 5.32 Å². The van der Waals surface area contributed by atoms with Gasteiger partial charge in [0, 0.05) is 6.42 Å². The fourth-order valence-corrected chi connectivity index (χ4v) is 3.99. The van der Waals surface area contributed by atoms with E-state index in [1.807, 2.05) is 10.7 Å². The van der Waals surface area contributed by atoms with Gasteiger partial charge in [0.2, 0.25) is 0 Å². The molecule has 0 aliphatic carbocycles. The summed E-state index contributed by atoms with van der Waals surface area (Å²) in [4.78, 5) is 13.0. The highest BCUT2D eigenvalue weighted by Crippen LogP contribution is 2.40. The molecule has 1 aliphatic heterocycles. The van der Waals surface area contributed by atoms with Gasteiger partial charge in [0.25, 0.3) is 0 Å². The normalized spacial score (nSPS) is 17.6. The molecule has 4 heteroatoms. The van der Waals surface area contributed by atoms with Crippen LogP contribution in [0.1, 0.15) is 59.8 Å². The predicted octanol–water partition coefficient (Wildman–Crippen LogP) is 5.30. The smallest absolute Gasteiger partial charge is 0.168 e. The molecule has 3 aromatic rings. The fraction of sp³-hybridized carbons (Fsp3) is 0.333. The van der Waals surface area contributed by atoms with Gasteiger partial charge < -0.3 is 5.32 Å². The number of aryl methyl sites for hydroxylation is 2. The average Bonchev–Trinajstić information content (AvgIpc) is 3.13. The van der Waals surface area contributed by atoms with Gasteiger partial charge in [-0.25, -0.2) is 4.68 Å². The Balaban J connectivity index is 1.56. The molecule has 1 unspecified atom stereocenters. The van der Waals surface area contributed by atoms with Crippen LogP contribution in [0.4, 0.5) is 5.82 Å². The van der Waals surface area contributed by atoms with Gasteiger partial charge in [0.15, 0.2) is 5.78 Å². The number of ketones is 1. The number of nitrogens with zero attached hydrogens (tertiary/aromatic N) is 2.